The average molecular weight is 153 g/mol. The SMILES string of the molecule is C=N/C=C\C(=C)CCC.CC. The molecule has 1 nitrogen and oxygen atoms in total. The summed E-state index contributed by atoms with van der Waals surface area (Å²) in [5, 5.41) is 0. The lowest BCUT2D eigenvalue weighted by Gasteiger charge is -1.91. The first kappa shape index (κ1) is 12.8. The monoisotopic (exact) mass is 153 g/mol. The molecule has 11 heavy (non-hydrogen) atoms. The second-order valence-corrected chi connectivity index (χ2v) is 1.91. The molecule has 0 aliphatic carbocycles. The maximum atomic E-state index is 3.81. The van der Waals surface area contributed by atoms with E-state index in [1.165, 1.54) is 0 Å². The average Bonchev–Trinajstić information content (AvgIpc) is 2.05. The third-order valence-electron chi connectivity index (χ3n) is 0.987. The first-order valence-electron chi connectivity index (χ1n) is 4.11. The number of rotatable bonds is 4. The van der Waals surface area contributed by atoms with Crippen molar-refractivity contribution in [2.24, 2.45) is 4.99 Å². The summed E-state index contributed by atoms with van der Waals surface area (Å²) in [6.45, 7) is 13.2. The molecule has 64 valence electrons. The van der Waals surface area contributed by atoms with Gasteiger partial charge in [0.15, 0.2) is 0 Å². The van der Waals surface area contributed by atoms with Gasteiger partial charge in [-0.2, -0.15) is 0 Å². The Labute approximate surface area is 70.5 Å². The van der Waals surface area contributed by atoms with Gasteiger partial charge in [0, 0.05) is 6.20 Å². The zero-order chi connectivity index (χ0) is 9.11. The molecule has 0 N–H and O–H groups in total. The van der Waals surface area contributed by atoms with Crippen molar-refractivity contribution < 1.29 is 0 Å². The van der Waals surface area contributed by atoms with E-state index in [9.17, 15) is 0 Å². The van der Waals surface area contributed by atoms with Crippen LogP contribution in [-0.2, 0) is 0 Å². The highest BCUT2D eigenvalue weighted by atomic mass is 14.6. The predicted molar refractivity (Wildman–Crippen MR) is 54.1 cm³/mol. The van der Waals surface area contributed by atoms with Crippen LogP contribution in [0.2, 0.25) is 0 Å². The molecule has 0 aromatic rings. The molecule has 0 unspecified atom stereocenters. The van der Waals surface area contributed by atoms with Gasteiger partial charge in [-0.05, 0) is 19.2 Å². The molecule has 0 aromatic carbocycles. The zero-order valence-corrected chi connectivity index (χ0v) is 7.93. The first-order valence-corrected chi connectivity index (χ1v) is 4.11. The van der Waals surface area contributed by atoms with Crippen molar-refractivity contribution in [2.45, 2.75) is 33.6 Å². The lowest BCUT2D eigenvalue weighted by Crippen LogP contribution is -1.71. The van der Waals surface area contributed by atoms with Crippen molar-refractivity contribution in [3.05, 3.63) is 24.4 Å². The zero-order valence-electron chi connectivity index (χ0n) is 7.93. The van der Waals surface area contributed by atoms with Gasteiger partial charge < -0.3 is 0 Å². The van der Waals surface area contributed by atoms with Gasteiger partial charge in [0.25, 0.3) is 0 Å². The molecule has 0 spiro atoms. The topological polar surface area (TPSA) is 12.4 Å². The molecule has 0 atom stereocenters. The fourth-order valence-electron chi connectivity index (χ4n) is 0.563. The second-order valence-electron chi connectivity index (χ2n) is 1.91. The molecular formula is C10H19N. The molecule has 0 aliphatic heterocycles. The van der Waals surface area contributed by atoms with Crippen LogP contribution in [0.4, 0.5) is 0 Å². The van der Waals surface area contributed by atoms with E-state index in [2.05, 4.69) is 25.2 Å². The Hall–Kier alpha value is -0.850. The summed E-state index contributed by atoms with van der Waals surface area (Å²) in [5.74, 6) is 0. The predicted octanol–water partition coefficient (Wildman–Crippen LogP) is 3.58. The standard InChI is InChI=1S/C8H13N.C2H6/c1-4-5-8(2)6-7-9-3;1-2/h6-7H,2-5H2,1H3;1-2H3/b7-6-;. The van der Waals surface area contributed by atoms with Crippen molar-refractivity contribution in [1.29, 1.82) is 0 Å². The fourth-order valence-corrected chi connectivity index (χ4v) is 0.563. The van der Waals surface area contributed by atoms with Gasteiger partial charge in [-0.3, -0.25) is 4.99 Å². The van der Waals surface area contributed by atoms with E-state index in [1.54, 1.807) is 6.20 Å². The van der Waals surface area contributed by atoms with Crippen LogP contribution in [-0.4, -0.2) is 6.72 Å². The third-order valence-corrected chi connectivity index (χ3v) is 0.987. The Morgan fingerprint density at radius 1 is 1.45 bits per heavy atom. The number of nitrogens with zero attached hydrogens (tertiary/aromatic N) is 1. The lowest BCUT2D eigenvalue weighted by atomic mass is 10.2. The van der Waals surface area contributed by atoms with E-state index < -0.39 is 0 Å². The molecule has 0 aliphatic rings. The number of hydrogen-bond acceptors (Lipinski definition) is 1. The maximum absolute atomic E-state index is 3.81. The van der Waals surface area contributed by atoms with Crippen LogP contribution < -0.4 is 0 Å². The highest BCUT2D eigenvalue weighted by Crippen LogP contribution is 2.01. The summed E-state index contributed by atoms with van der Waals surface area (Å²) in [6.07, 6.45) is 5.74. The Morgan fingerprint density at radius 2 is 2.00 bits per heavy atom. The van der Waals surface area contributed by atoms with Crippen molar-refractivity contribution in [1.82, 2.24) is 0 Å². The van der Waals surface area contributed by atoms with Crippen LogP contribution >= 0.6 is 0 Å². The fraction of sp³-hybridized carbons (Fsp3) is 0.500. The van der Waals surface area contributed by atoms with Crippen molar-refractivity contribution in [3.8, 4) is 0 Å². The summed E-state index contributed by atoms with van der Waals surface area (Å²) in [4.78, 5) is 3.57. The van der Waals surface area contributed by atoms with Gasteiger partial charge >= 0.3 is 0 Å². The van der Waals surface area contributed by atoms with E-state index in [0.29, 0.717) is 0 Å². The van der Waals surface area contributed by atoms with Crippen LogP contribution in [0.3, 0.4) is 0 Å². The third kappa shape index (κ3) is 12.4. The van der Waals surface area contributed by atoms with Gasteiger partial charge in [0.05, 0.1) is 0 Å². The molecule has 0 rings (SSSR count). The highest BCUT2D eigenvalue weighted by Gasteiger charge is 1.82. The number of aliphatic imine (C=N–C) groups is 1. The summed E-state index contributed by atoms with van der Waals surface area (Å²) >= 11 is 0. The van der Waals surface area contributed by atoms with E-state index in [4.69, 9.17) is 0 Å². The molecule has 0 radical (unpaired) electrons. The van der Waals surface area contributed by atoms with Crippen molar-refractivity contribution >= 4 is 6.72 Å². The second kappa shape index (κ2) is 11.9. The van der Waals surface area contributed by atoms with E-state index in [0.717, 1.165) is 18.4 Å². The molecule has 0 amide bonds. The molecule has 0 bridgehead atoms. The van der Waals surface area contributed by atoms with Gasteiger partial charge in [-0.15, -0.1) is 0 Å². The minimum atomic E-state index is 1.05. The molecular weight excluding hydrogens is 134 g/mol. The maximum Gasteiger partial charge on any atom is 0.0263 e. The van der Waals surface area contributed by atoms with Crippen LogP contribution in [0.5, 0.6) is 0 Å². The Morgan fingerprint density at radius 3 is 2.36 bits per heavy atom. The Balaban J connectivity index is 0. The molecule has 1 heteroatoms. The van der Waals surface area contributed by atoms with Crippen LogP contribution in [0.1, 0.15) is 33.6 Å². The van der Waals surface area contributed by atoms with E-state index in [-0.39, 0.29) is 0 Å². The number of allylic oxidation sites excluding steroid dienone is 2. The summed E-state index contributed by atoms with van der Waals surface area (Å²) in [6, 6.07) is 0. The Bertz CT molecular complexity index is 123. The van der Waals surface area contributed by atoms with Crippen LogP contribution in [0.25, 0.3) is 0 Å². The molecule has 0 heterocycles. The molecule has 0 aromatic heterocycles. The van der Waals surface area contributed by atoms with Crippen LogP contribution in [0.15, 0.2) is 29.4 Å². The normalized spacial score (nSPS) is 8.64. The molecule has 0 saturated carbocycles. The summed E-state index contributed by atoms with van der Waals surface area (Å²) in [5.41, 5.74) is 1.12. The minimum absolute atomic E-state index is 1.05. The minimum Gasteiger partial charge on any atom is -0.273 e. The Kier molecular flexibility index (Phi) is 13.8. The van der Waals surface area contributed by atoms with E-state index in [1.807, 2.05) is 19.9 Å². The number of hydrogen-bond donors (Lipinski definition) is 0. The molecule has 0 saturated heterocycles. The lowest BCUT2D eigenvalue weighted by molar-refractivity contribution is 0.929. The largest absolute Gasteiger partial charge is 0.273 e. The smallest absolute Gasteiger partial charge is 0.0263 e. The van der Waals surface area contributed by atoms with Crippen LogP contribution in [0, 0.1) is 0 Å². The van der Waals surface area contributed by atoms with Gasteiger partial charge in [0.2, 0.25) is 0 Å². The van der Waals surface area contributed by atoms with Gasteiger partial charge in [0.1, 0.15) is 0 Å². The van der Waals surface area contributed by atoms with Gasteiger partial charge in [-0.25, -0.2) is 0 Å². The van der Waals surface area contributed by atoms with Crippen molar-refractivity contribution in [3.63, 3.8) is 0 Å². The van der Waals surface area contributed by atoms with E-state index >= 15 is 0 Å². The first-order chi connectivity index (χ1) is 5.31. The molecule has 0 fully saturated rings. The quantitative estimate of drug-likeness (QED) is 0.432. The summed E-state index contributed by atoms with van der Waals surface area (Å²) in [7, 11) is 0. The van der Waals surface area contributed by atoms with Gasteiger partial charge in [-0.1, -0.05) is 39.3 Å². The summed E-state index contributed by atoms with van der Waals surface area (Å²) < 4.78 is 0. The van der Waals surface area contributed by atoms with Crippen molar-refractivity contribution in [2.75, 3.05) is 0 Å². The highest BCUT2D eigenvalue weighted by molar-refractivity contribution is 5.27.